The quantitative estimate of drug-likeness (QED) is 0.803. The summed E-state index contributed by atoms with van der Waals surface area (Å²) in [5, 5.41) is 3.58. The van der Waals surface area contributed by atoms with Crippen LogP contribution in [0.4, 0.5) is 5.69 Å². The lowest BCUT2D eigenvalue weighted by molar-refractivity contribution is 0.290. The van der Waals surface area contributed by atoms with Crippen LogP contribution in [0.1, 0.15) is 39.7 Å². The van der Waals surface area contributed by atoms with Crippen LogP contribution in [0.15, 0.2) is 24.3 Å². The second-order valence-electron chi connectivity index (χ2n) is 6.39. The summed E-state index contributed by atoms with van der Waals surface area (Å²) in [4.78, 5) is 2.37. The average Bonchev–Trinajstić information content (AvgIpc) is 2.36. The SMILES string of the molecule is CCC(C)(CNC(C)C)CN(C)c1cccc(C)c1. The molecule has 0 saturated heterocycles. The van der Waals surface area contributed by atoms with Gasteiger partial charge in [0.25, 0.3) is 0 Å². The van der Waals surface area contributed by atoms with Crippen LogP contribution in [0.5, 0.6) is 0 Å². The van der Waals surface area contributed by atoms with Crippen LogP contribution in [0.25, 0.3) is 0 Å². The molecule has 19 heavy (non-hydrogen) atoms. The highest BCUT2D eigenvalue weighted by atomic mass is 15.1. The molecule has 0 amide bonds. The molecule has 1 unspecified atom stereocenters. The van der Waals surface area contributed by atoms with Gasteiger partial charge in [0.1, 0.15) is 0 Å². The first kappa shape index (κ1) is 16.0. The number of benzene rings is 1. The van der Waals surface area contributed by atoms with Gasteiger partial charge in [0, 0.05) is 31.9 Å². The largest absolute Gasteiger partial charge is 0.374 e. The van der Waals surface area contributed by atoms with E-state index in [9.17, 15) is 0 Å². The van der Waals surface area contributed by atoms with Crippen molar-refractivity contribution in [1.29, 1.82) is 0 Å². The lowest BCUT2D eigenvalue weighted by Gasteiger charge is -2.35. The Morgan fingerprint density at radius 2 is 2.00 bits per heavy atom. The Morgan fingerprint density at radius 3 is 2.53 bits per heavy atom. The van der Waals surface area contributed by atoms with Crippen LogP contribution in [0, 0.1) is 12.3 Å². The van der Waals surface area contributed by atoms with Gasteiger partial charge >= 0.3 is 0 Å². The lowest BCUT2D eigenvalue weighted by Crippen LogP contribution is -2.42. The molecule has 2 nitrogen and oxygen atoms in total. The summed E-state index contributed by atoms with van der Waals surface area (Å²) in [6.07, 6.45) is 1.18. The minimum absolute atomic E-state index is 0.308. The van der Waals surface area contributed by atoms with Crippen molar-refractivity contribution in [2.45, 2.75) is 47.1 Å². The molecule has 0 heterocycles. The lowest BCUT2D eigenvalue weighted by atomic mass is 9.86. The fraction of sp³-hybridized carbons (Fsp3) is 0.647. The first-order valence-electron chi connectivity index (χ1n) is 7.37. The van der Waals surface area contributed by atoms with Crippen LogP contribution < -0.4 is 10.2 Å². The first-order valence-corrected chi connectivity index (χ1v) is 7.37. The maximum absolute atomic E-state index is 3.58. The Morgan fingerprint density at radius 1 is 1.32 bits per heavy atom. The van der Waals surface area contributed by atoms with E-state index < -0.39 is 0 Å². The van der Waals surface area contributed by atoms with Crippen molar-refractivity contribution in [2.24, 2.45) is 5.41 Å². The molecule has 0 aromatic heterocycles. The second-order valence-corrected chi connectivity index (χ2v) is 6.39. The van der Waals surface area contributed by atoms with E-state index in [0.29, 0.717) is 11.5 Å². The van der Waals surface area contributed by atoms with E-state index in [2.05, 4.69) is 76.1 Å². The van der Waals surface area contributed by atoms with Gasteiger partial charge in [0.05, 0.1) is 0 Å². The molecular weight excluding hydrogens is 232 g/mol. The molecule has 1 atom stereocenters. The number of hydrogen-bond donors (Lipinski definition) is 1. The van der Waals surface area contributed by atoms with Gasteiger partial charge in [-0.25, -0.2) is 0 Å². The third-order valence-electron chi connectivity index (χ3n) is 3.85. The smallest absolute Gasteiger partial charge is 0.0366 e. The second kappa shape index (κ2) is 6.95. The molecule has 0 radical (unpaired) electrons. The maximum atomic E-state index is 3.58. The summed E-state index contributed by atoms with van der Waals surface area (Å²) in [7, 11) is 2.19. The normalized spacial score (nSPS) is 14.5. The van der Waals surface area contributed by atoms with Gasteiger partial charge < -0.3 is 10.2 Å². The van der Waals surface area contributed by atoms with E-state index in [4.69, 9.17) is 0 Å². The van der Waals surface area contributed by atoms with E-state index in [0.717, 1.165) is 13.1 Å². The van der Waals surface area contributed by atoms with Crippen LogP contribution in [0.3, 0.4) is 0 Å². The minimum atomic E-state index is 0.308. The van der Waals surface area contributed by atoms with E-state index >= 15 is 0 Å². The topological polar surface area (TPSA) is 15.3 Å². The highest BCUT2D eigenvalue weighted by Gasteiger charge is 2.24. The monoisotopic (exact) mass is 262 g/mol. The van der Waals surface area contributed by atoms with E-state index in [1.165, 1.54) is 17.7 Å². The average molecular weight is 262 g/mol. The van der Waals surface area contributed by atoms with Gasteiger partial charge in [0.2, 0.25) is 0 Å². The maximum Gasteiger partial charge on any atom is 0.0366 e. The molecule has 0 aliphatic heterocycles. The first-order chi connectivity index (χ1) is 8.86. The van der Waals surface area contributed by atoms with Crippen molar-refractivity contribution in [3.05, 3.63) is 29.8 Å². The predicted octanol–water partition coefficient (Wildman–Crippen LogP) is 3.85. The molecule has 0 aliphatic carbocycles. The highest BCUT2D eigenvalue weighted by molar-refractivity contribution is 5.47. The molecule has 108 valence electrons. The highest BCUT2D eigenvalue weighted by Crippen LogP contribution is 2.25. The van der Waals surface area contributed by atoms with Gasteiger partial charge in [0.15, 0.2) is 0 Å². The van der Waals surface area contributed by atoms with Crippen molar-refractivity contribution in [3.8, 4) is 0 Å². The molecule has 0 aliphatic rings. The minimum Gasteiger partial charge on any atom is -0.374 e. The number of aryl methyl sites for hydroxylation is 1. The third-order valence-corrected chi connectivity index (χ3v) is 3.85. The van der Waals surface area contributed by atoms with E-state index in [1.807, 2.05) is 0 Å². The molecule has 0 spiro atoms. The van der Waals surface area contributed by atoms with E-state index in [-0.39, 0.29) is 0 Å². The molecule has 0 fully saturated rings. The fourth-order valence-electron chi connectivity index (χ4n) is 2.27. The zero-order chi connectivity index (χ0) is 14.5. The summed E-state index contributed by atoms with van der Waals surface area (Å²) in [6.45, 7) is 13.4. The molecule has 0 saturated carbocycles. The molecule has 1 aromatic carbocycles. The summed E-state index contributed by atoms with van der Waals surface area (Å²) >= 11 is 0. The van der Waals surface area contributed by atoms with Crippen LogP contribution in [-0.2, 0) is 0 Å². The molecule has 1 rings (SSSR count). The van der Waals surface area contributed by atoms with Gasteiger partial charge in [-0.3, -0.25) is 0 Å². The van der Waals surface area contributed by atoms with Crippen molar-refractivity contribution in [2.75, 3.05) is 25.0 Å². The van der Waals surface area contributed by atoms with Crippen molar-refractivity contribution in [3.63, 3.8) is 0 Å². The molecule has 0 bridgehead atoms. The van der Waals surface area contributed by atoms with Crippen LogP contribution >= 0.6 is 0 Å². The Hall–Kier alpha value is -1.02. The Balaban J connectivity index is 2.69. The van der Waals surface area contributed by atoms with Crippen molar-refractivity contribution >= 4 is 5.69 Å². The number of hydrogen-bond acceptors (Lipinski definition) is 2. The summed E-state index contributed by atoms with van der Waals surface area (Å²) in [6, 6.07) is 9.29. The molecular formula is C17H30N2. The Labute approximate surface area is 119 Å². The number of anilines is 1. The number of rotatable bonds is 7. The number of nitrogens with one attached hydrogen (secondary N) is 1. The zero-order valence-electron chi connectivity index (χ0n) is 13.5. The molecule has 2 heteroatoms. The molecule has 1 aromatic rings. The Kier molecular flexibility index (Phi) is 5.86. The summed E-state index contributed by atoms with van der Waals surface area (Å²) in [5.41, 5.74) is 2.94. The van der Waals surface area contributed by atoms with Crippen LogP contribution in [0.2, 0.25) is 0 Å². The van der Waals surface area contributed by atoms with Crippen molar-refractivity contribution < 1.29 is 0 Å². The zero-order valence-corrected chi connectivity index (χ0v) is 13.5. The Bertz CT molecular complexity index is 387. The standard InChI is InChI=1S/C17H30N2/c1-7-17(5,12-18-14(2)3)13-19(6)16-10-8-9-15(4)11-16/h8-11,14,18H,7,12-13H2,1-6H3. The van der Waals surface area contributed by atoms with Crippen LogP contribution in [-0.4, -0.2) is 26.2 Å². The predicted molar refractivity (Wildman–Crippen MR) is 86.0 cm³/mol. The summed E-state index contributed by atoms with van der Waals surface area (Å²) < 4.78 is 0. The van der Waals surface area contributed by atoms with Gasteiger partial charge in [-0.05, 0) is 36.5 Å². The number of nitrogens with zero attached hydrogens (tertiary/aromatic N) is 1. The third kappa shape index (κ3) is 5.23. The van der Waals surface area contributed by atoms with Crippen molar-refractivity contribution in [1.82, 2.24) is 5.32 Å². The van der Waals surface area contributed by atoms with Gasteiger partial charge in [-0.1, -0.05) is 39.8 Å². The van der Waals surface area contributed by atoms with Gasteiger partial charge in [-0.15, -0.1) is 0 Å². The van der Waals surface area contributed by atoms with E-state index in [1.54, 1.807) is 0 Å². The van der Waals surface area contributed by atoms with Gasteiger partial charge in [-0.2, -0.15) is 0 Å². The molecule has 1 N–H and O–H groups in total. The fourth-order valence-corrected chi connectivity index (χ4v) is 2.27. The summed E-state index contributed by atoms with van der Waals surface area (Å²) in [5.74, 6) is 0.